The standard InChI is InChI=1S/C27H31Cl2N3O6S/c1-27(15-38-27)23(33)20(11-16-7-5-4-6-8-16)30-26(36)22(14-39-3)32-25(35)21(13-37-2)31-24(34)18-12-17(28)9-10-19(18)29/h4-10,12,20-22H,11,13-15H2,1-3H3,(H,30,36)(H,31,34)(H,32,35)/t20-,21-,22+,27+/m0/s1. The molecule has 210 valence electrons. The second kappa shape index (κ2) is 14.1. The van der Waals surface area contributed by atoms with Gasteiger partial charge in [-0.05, 0) is 43.4 Å². The van der Waals surface area contributed by atoms with Gasteiger partial charge in [-0.3, -0.25) is 19.2 Å². The molecule has 2 aromatic rings. The van der Waals surface area contributed by atoms with Gasteiger partial charge in [0.2, 0.25) is 11.8 Å². The van der Waals surface area contributed by atoms with Crippen molar-refractivity contribution in [3.05, 3.63) is 69.7 Å². The topological polar surface area (TPSA) is 126 Å². The van der Waals surface area contributed by atoms with Gasteiger partial charge < -0.3 is 25.4 Å². The van der Waals surface area contributed by atoms with Crippen molar-refractivity contribution >= 4 is 58.5 Å². The molecule has 39 heavy (non-hydrogen) atoms. The summed E-state index contributed by atoms with van der Waals surface area (Å²) < 4.78 is 10.5. The summed E-state index contributed by atoms with van der Waals surface area (Å²) in [6, 6.07) is 10.7. The van der Waals surface area contributed by atoms with Gasteiger partial charge >= 0.3 is 0 Å². The molecule has 1 aliphatic rings. The largest absolute Gasteiger partial charge is 0.382 e. The fraction of sp³-hybridized carbons (Fsp3) is 0.407. The van der Waals surface area contributed by atoms with Crippen LogP contribution in [0, 0.1) is 0 Å². The van der Waals surface area contributed by atoms with Gasteiger partial charge in [0.1, 0.15) is 17.7 Å². The summed E-state index contributed by atoms with van der Waals surface area (Å²) in [5.74, 6) is -1.81. The molecule has 4 atom stereocenters. The molecular formula is C27H31Cl2N3O6S. The number of benzene rings is 2. The highest BCUT2D eigenvalue weighted by Gasteiger charge is 2.50. The Bertz CT molecular complexity index is 1200. The number of ether oxygens (including phenoxy) is 2. The highest BCUT2D eigenvalue weighted by atomic mass is 35.5. The number of halogens is 2. The minimum absolute atomic E-state index is 0.0922. The number of rotatable bonds is 14. The zero-order valence-electron chi connectivity index (χ0n) is 21.8. The van der Waals surface area contributed by atoms with Crippen LogP contribution in [0.25, 0.3) is 0 Å². The first kappa shape index (κ1) is 30.9. The second-order valence-corrected chi connectivity index (χ2v) is 11.0. The van der Waals surface area contributed by atoms with E-state index in [0.717, 1.165) is 5.56 Å². The van der Waals surface area contributed by atoms with Crippen LogP contribution in [0.2, 0.25) is 10.0 Å². The van der Waals surface area contributed by atoms with Gasteiger partial charge in [-0.15, -0.1) is 0 Å². The number of epoxide rings is 1. The average Bonchev–Trinajstić information content (AvgIpc) is 3.67. The van der Waals surface area contributed by atoms with E-state index in [1.54, 1.807) is 13.2 Å². The zero-order chi connectivity index (χ0) is 28.6. The van der Waals surface area contributed by atoms with Crippen LogP contribution < -0.4 is 16.0 Å². The molecule has 0 radical (unpaired) electrons. The number of thioether (sulfide) groups is 1. The molecule has 12 heteroatoms. The number of carbonyl (C=O) groups is 4. The monoisotopic (exact) mass is 595 g/mol. The van der Waals surface area contributed by atoms with Gasteiger partial charge in [-0.2, -0.15) is 11.8 Å². The van der Waals surface area contributed by atoms with E-state index in [1.165, 1.54) is 37.1 Å². The predicted molar refractivity (Wildman–Crippen MR) is 151 cm³/mol. The summed E-state index contributed by atoms with van der Waals surface area (Å²) in [7, 11) is 1.38. The molecule has 1 aliphatic heterocycles. The third-order valence-electron chi connectivity index (χ3n) is 6.11. The summed E-state index contributed by atoms with van der Waals surface area (Å²) in [5, 5.41) is 8.53. The number of Topliss-reactive ketones (excluding diaryl/α,β-unsaturated/α-hetero) is 1. The van der Waals surface area contributed by atoms with Gasteiger partial charge in [0, 0.05) is 17.9 Å². The van der Waals surface area contributed by atoms with E-state index in [-0.39, 0.29) is 41.8 Å². The van der Waals surface area contributed by atoms with E-state index in [1.807, 2.05) is 30.3 Å². The number of nitrogens with one attached hydrogen (secondary N) is 3. The SMILES string of the molecule is COC[C@H](NC(=O)c1cc(Cl)ccc1Cl)C(=O)N[C@H](CSC)C(=O)N[C@@H](Cc1ccccc1)C(=O)[C@@]1(C)CO1. The van der Waals surface area contributed by atoms with E-state index < -0.39 is 41.4 Å². The number of ketones is 1. The lowest BCUT2D eigenvalue weighted by atomic mass is 9.94. The van der Waals surface area contributed by atoms with Crippen molar-refractivity contribution in [1.82, 2.24) is 16.0 Å². The summed E-state index contributed by atoms with van der Waals surface area (Å²) in [4.78, 5) is 52.5. The molecule has 3 N–H and O–H groups in total. The molecule has 2 aromatic carbocycles. The van der Waals surface area contributed by atoms with E-state index in [0.29, 0.717) is 5.02 Å². The number of hydrogen-bond acceptors (Lipinski definition) is 7. The van der Waals surface area contributed by atoms with Crippen molar-refractivity contribution in [2.75, 3.05) is 32.3 Å². The first-order valence-corrected chi connectivity index (χ1v) is 14.3. The first-order valence-electron chi connectivity index (χ1n) is 12.1. The van der Waals surface area contributed by atoms with Crippen molar-refractivity contribution in [3.63, 3.8) is 0 Å². The fourth-order valence-corrected chi connectivity index (χ4v) is 4.77. The van der Waals surface area contributed by atoms with Gasteiger partial charge in [-0.1, -0.05) is 53.5 Å². The van der Waals surface area contributed by atoms with E-state index in [9.17, 15) is 19.2 Å². The van der Waals surface area contributed by atoms with Crippen LogP contribution in [-0.2, 0) is 30.3 Å². The number of carbonyl (C=O) groups excluding carboxylic acids is 4. The van der Waals surface area contributed by atoms with Crippen LogP contribution in [0.15, 0.2) is 48.5 Å². The minimum Gasteiger partial charge on any atom is -0.382 e. The van der Waals surface area contributed by atoms with Crippen LogP contribution in [-0.4, -0.2) is 79.6 Å². The maximum atomic E-state index is 13.3. The summed E-state index contributed by atoms with van der Waals surface area (Å²) in [6.45, 7) is 1.81. The Balaban J connectivity index is 1.73. The number of amides is 3. The fourth-order valence-electron chi connectivity index (χ4n) is 3.83. The second-order valence-electron chi connectivity index (χ2n) is 9.26. The quantitative estimate of drug-likeness (QED) is 0.287. The Morgan fingerprint density at radius 3 is 2.26 bits per heavy atom. The third-order valence-corrected chi connectivity index (χ3v) is 7.34. The van der Waals surface area contributed by atoms with Gasteiger partial charge in [0.25, 0.3) is 5.91 Å². The van der Waals surface area contributed by atoms with Crippen LogP contribution in [0.4, 0.5) is 0 Å². The Morgan fingerprint density at radius 1 is 1.00 bits per heavy atom. The van der Waals surface area contributed by atoms with Crippen molar-refractivity contribution in [2.45, 2.75) is 37.1 Å². The molecule has 3 rings (SSSR count). The molecule has 1 fully saturated rings. The van der Waals surface area contributed by atoms with Crippen LogP contribution in [0.1, 0.15) is 22.8 Å². The molecule has 0 unspecified atom stereocenters. The molecule has 0 saturated carbocycles. The molecule has 0 aromatic heterocycles. The number of hydrogen-bond donors (Lipinski definition) is 3. The molecule has 1 saturated heterocycles. The number of methoxy groups -OCH3 is 1. The Hall–Kier alpha value is -2.63. The molecular weight excluding hydrogens is 565 g/mol. The molecule has 1 heterocycles. The van der Waals surface area contributed by atoms with E-state index >= 15 is 0 Å². The van der Waals surface area contributed by atoms with Crippen LogP contribution in [0.3, 0.4) is 0 Å². The van der Waals surface area contributed by atoms with Gasteiger partial charge in [-0.25, -0.2) is 0 Å². The summed E-state index contributed by atoms with van der Waals surface area (Å²) >= 11 is 13.4. The lowest BCUT2D eigenvalue weighted by molar-refractivity contribution is -0.133. The summed E-state index contributed by atoms with van der Waals surface area (Å²) in [6.07, 6.45) is 2.06. The maximum absolute atomic E-state index is 13.3. The zero-order valence-corrected chi connectivity index (χ0v) is 24.1. The highest BCUT2D eigenvalue weighted by Crippen LogP contribution is 2.29. The Kier molecular flexibility index (Phi) is 11.2. The Morgan fingerprint density at radius 2 is 1.64 bits per heavy atom. The molecule has 9 nitrogen and oxygen atoms in total. The van der Waals surface area contributed by atoms with Gasteiger partial charge in [0.05, 0.1) is 29.8 Å². The van der Waals surface area contributed by atoms with Crippen LogP contribution >= 0.6 is 35.0 Å². The predicted octanol–water partition coefficient (Wildman–Crippen LogP) is 2.67. The minimum atomic E-state index is -1.13. The van der Waals surface area contributed by atoms with Crippen molar-refractivity contribution in [2.24, 2.45) is 0 Å². The molecule has 3 amide bonds. The highest BCUT2D eigenvalue weighted by molar-refractivity contribution is 7.98. The van der Waals surface area contributed by atoms with Crippen molar-refractivity contribution < 1.29 is 28.7 Å². The average molecular weight is 597 g/mol. The first-order chi connectivity index (χ1) is 18.6. The maximum Gasteiger partial charge on any atom is 0.253 e. The van der Waals surface area contributed by atoms with Gasteiger partial charge in [0.15, 0.2) is 5.78 Å². The lowest BCUT2D eigenvalue weighted by Gasteiger charge is -2.25. The third kappa shape index (κ3) is 8.68. The van der Waals surface area contributed by atoms with Crippen LogP contribution in [0.5, 0.6) is 0 Å². The van der Waals surface area contributed by atoms with E-state index in [4.69, 9.17) is 32.7 Å². The van der Waals surface area contributed by atoms with Crippen molar-refractivity contribution in [3.8, 4) is 0 Å². The summed E-state index contributed by atoms with van der Waals surface area (Å²) in [5.41, 5.74) is 0.0170. The normalized spacial score (nSPS) is 18.4. The Labute approximate surface area is 241 Å². The smallest absolute Gasteiger partial charge is 0.253 e. The molecule has 0 spiro atoms. The molecule has 0 aliphatic carbocycles. The lowest BCUT2D eigenvalue weighted by Crippen LogP contribution is -2.58. The van der Waals surface area contributed by atoms with Crippen molar-refractivity contribution in [1.29, 1.82) is 0 Å². The molecule has 0 bridgehead atoms. The van der Waals surface area contributed by atoms with E-state index in [2.05, 4.69) is 16.0 Å².